The first kappa shape index (κ1) is 40.8. The van der Waals surface area contributed by atoms with Crippen LogP contribution < -0.4 is 0 Å². The Morgan fingerprint density at radius 2 is 1.62 bits per heavy atom. The van der Waals surface area contributed by atoms with Crippen molar-refractivity contribution in [3.05, 3.63) is 22.8 Å². The number of carboxylic acids is 1. The first-order chi connectivity index (χ1) is 22.2. The van der Waals surface area contributed by atoms with Gasteiger partial charge in [0.2, 0.25) is 0 Å². The van der Waals surface area contributed by atoms with Crippen molar-refractivity contribution >= 4 is 29.8 Å². The van der Waals surface area contributed by atoms with E-state index in [9.17, 15) is 49.5 Å². The highest BCUT2D eigenvalue weighted by molar-refractivity contribution is 5.88. The molecule has 0 heterocycles. The average molecular weight is 685 g/mol. The van der Waals surface area contributed by atoms with E-state index in [-0.39, 0.29) is 36.0 Å². The second kappa shape index (κ2) is 16.4. The molecule has 1 saturated carbocycles. The van der Waals surface area contributed by atoms with Crippen LogP contribution in [0.15, 0.2) is 22.8 Å². The molecule has 0 radical (unpaired) electrons. The molecule has 0 aliphatic heterocycles. The van der Waals surface area contributed by atoms with Gasteiger partial charge in [-0.2, -0.15) is 0 Å². The molecule has 2 aliphatic rings. The van der Waals surface area contributed by atoms with Crippen molar-refractivity contribution in [3.63, 3.8) is 0 Å². The minimum absolute atomic E-state index is 0.0273. The van der Waals surface area contributed by atoms with Crippen molar-refractivity contribution in [1.82, 2.24) is 0 Å². The average Bonchev–Trinajstić information content (AvgIpc) is 3.22. The minimum Gasteiger partial charge on any atom is -0.479 e. The second-order valence-electron chi connectivity index (χ2n) is 13.1. The van der Waals surface area contributed by atoms with E-state index in [1.165, 1.54) is 26.8 Å². The highest BCUT2D eigenvalue weighted by atomic mass is 16.6. The maximum absolute atomic E-state index is 13.3. The van der Waals surface area contributed by atoms with Gasteiger partial charge in [-0.25, -0.2) is 9.59 Å². The van der Waals surface area contributed by atoms with E-state index in [1.807, 2.05) is 6.92 Å². The molecule has 2 rings (SSSR count). The Kier molecular flexibility index (Phi) is 13.9. The molecule has 0 amide bonds. The minimum atomic E-state index is -3.18. The topological polar surface area (TPSA) is 223 Å². The highest BCUT2D eigenvalue weighted by Crippen LogP contribution is 2.54. The summed E-state index contributed by atoms with van der Waals surface area (Å²) >= 11 is 0. The van der Waals surface area contributed by atoms with Gasteiger partial charge in [0.05, 0.1) is 12.0 Å². The molecule has 272 valence electrons. The zero-order chi connectivity index (χ0) is 36.8. The molecular formula is C34H52O14. The third-order valence-corrected chi connectivity index (χ3v) is 9.39. The monoisotopic (exact) mass is 684 g/mol. The van der Waals surface area contributed by atoms with E-state index < -0.39 is 89.5 Å². The number of hydrogen-bond acceptors (Lipinski definition) is 13. The van der Waals surface area contributed by atoms with Crippen LogP contribution in [0.1, 0.15) is 107 Å². The number of ether oxygens (including phenoxy) is 4. The number of carboxylic acid groups (broad SMARTS) is 1. The number of aliphatic hydroxyl groups is 4. The lowest BCUT2D eigenvalue weighted by atomic mass is 9.73. The van der Waals surface area contributed by atoms with Crippen molar-refractivity contribution < 1.29 is 68.5 Å². The molecule has 0 aromatic rings. The molecule has 14 nitrogen and oxygen atoms in total. The number of carbonyl (C=O) groups excluding carboxylic acids is 4. The Morgan fingerprint density at radius 1 is 1.02 bits per heavy atom. The number of aliphatic carboxylic acids is 1. The molecule has 0 bridgehead atoms. The van der Waals surface area contributed by atoms with Crippen molar-refractivity contribution in [1.29, 1.82) is 0 Å². The Hall–Kier alpha value is -3.33. The van der Waals surface area contributed by atoms with Crippen molar-refractivity contribution in [2.75, 3.05) is 0 Å². The van der Waals surface area contributed by atoms with Crippen LogP contribution >= 0.6 is 0 Å². The lowest BCUT2D eigenvalue weighted by Crippen LogP contribution is -2.70. The van der Waals surface area contributed by atoms with E-state index in [0.717, 1.165) is 20.3 Å². The van der Waals surface area contributed by atoms with E-state index in [1.54, 1.807) is 13.8 Å². The van der Waals surface area contributed by atoms with Crippen LogP contribution in [0.25, 0.3) is 0 Å². The Labute approximate surface area is 281 Å². The summed E-state index contributed by atoms with van der Waals surface area (Å²) in [6.45, 7) is 11.2. The van der Waals surface area contributed by atoms with Gasteiger partial charge in [-0.15, -0.1) is 0 Å². The Balaban J connectivity index is 2.86. The number of rotatable bonds is 15. The summed E-state index contributed by atoms with van der Waals surface area (Å²) in [5.74, 6) is -6.71. The summed E-state index contributed by atoms with van der Waals surface area (Å²) in [5.41, 5.74) is -8.28. The van der Waals surface area contributed by atoms with Crippen LogP contribution in [-0.2, 0) is 42.9 Å². The molecule has 1 fully saturated rings. The van der Waals surface area contributed by atoms with Gasteiger partial charge in [0, 0.05) is 31.8 Å². The summed E-state index contributed by atoms with van der Waals surface area (Å²) in [6.07, 6.45) is -5.23. The quantitative estimate of drug-likeness (QED) is 0.0723. The molecule has 0 unspecified atom stereocenters. The maximum atomic E-state index is 13.3. The SMILES string of the molecule is C/C=C(/C)C(=O)O[C@H]1C(C)=C2[C@H]([C@@H]1OC(=O)CCC[C@@H](O)CCC)[C@@](C)(OC(C)=O)C[C@H](OC(=O)CCC)[C@](O)([C@](C)(O)C(=O)O)[C@H]2O. The largest absolute Gasteiger partial charge is 0.479 e. The van der Waals surface area contributed by atoms with Gasteiger partial charge >= 0.3 is 29.8 Å². The maximum Gasteiger partial charge on any atom is 0.338 e. The van der Waals surface area contributed by atoms with E-state index in [0.29, 0.717) is 19.3 Å². The molecule has 48 heavy (non-hydrogen) atoms. The van der Waals surface area contributed by atoms with Gasteiger partial charge in [0.15, 0.2) is 23.4 Å². The molecule has 5 N–H and O–H groups in total. The van der Waals surface area contributed by atoms with Gasteiger partial charge in [0.1, 0.15) is 17.8 Å². The predicted molar refractivity (Wildman–Crippen MR) is 169 cm³/mol. The van der Waals surface area contributed by atoms with Gasteiger partial charge in [-0.1, -0.05) is 26.3 Å². The van der Waals surface area contributed by atoms with Crippen LogP contribution in [-0.4, -0.2) is 103 Å². The van der Waals surface area contributed by atoms with Gasteiger partial charge in [0.25, 0.3) is 0 Å². The summed E-state index contributed by atoms with van der Waals surface area (Å²) in [6, 6.07) is 0. The fourth-order valence-corrected chi connectivity index (χ4v) is 6.65. The standard InChI is InChI=1S/C34H52O14/c1-9-13-21(36)15-12-16-24(38)46-28-26-25(19(5)27(28)47-30(40)18(4)11-3)29(39)34(44,33(8,43)31(41)42)22(45-23(37)14-10-2)17-32(26,7)48-20(6)35/h11,21-22,26-29,36,39,43-44H,9-10,12-17H2,1-8H3,(H,41,42)/b18-11-/t21-,22-,26+,27-,28-,29-,32-,33+,34+/m0/s1. The van der Waals surface area contributed by atoms with Crippen LogP contribution in [0.4, 0.5) is 0 Å². The molecule has 9 atom stereocenters. The lowest BCUT2D eigenvalue weighted by Gasteiger charge is -2.45. The lowest BCUT2D eigenvalue weighted by molar-refractivity contribution is -0.247. The number of fused-ring (bicyclic) bond motifs is 1. The zero-order valence-electron chi connectivity index (χ0n) is 29.1. The molecule has 14 heteroatoms. The third kappa shape index (κ3) is 8.44. The number of esters is 4. The molecular weight excluding hydrogens is 632 g/mol. The van der Waals surface area contributed by atoms with Crippen molar-refractivity contribution in [2.45, 2.75) is 154 Å². The number of aliphatic hydroxyl groups excluding tert-OH is 2. The van der Waals surface area contributed by atoms with Crippen molar-refractivity contribution in [2.24, 2.45) is 5.92 Å². The molecule has 0 aromatic heterocycles. The van der Waals surface area contributed by atoms with Crippen molar-refractivity contribution in [3.8, 4) is 0 Å². The fraction of sp³-hybridized carbons (Fsp3) is 0.735. The first-order valence-electron chi connectivity index (χ1n) is 16.4. The van der Waals surface area contributed by atoms with E-state index in [2.05, 4.69) is 0 Å². The number of hydrogen-bond donors (Lipinski definition) is 5. The number of allylic oxidation sites excluding steroid dienone is 1. The summed E-state index contributed by atoms with van der Waals surface area (Å²) in [5, 5.41) is 55.8. The number of carbonyl (C=O) groups is 5. The summed E-state index contributed by atoms with van der Waals surface area (Å²) in [7, 11) is 0. The molecule has 0 spiro atoms. The third-order valence-electron chi connectivity index (χ3n) is 9.39. The Morgan fingerprint density at radius 3 is 2.15 bits per heavy atom. The molecule has 2 aliphatic carbocycles. The molecule has 0 saturated heterocycles. The van der Waals surface area contributed by atoms with E-state index in [4.69, 9.17) is 18.9 Å². The van der Waals surface area contributed by atoms with Gasteiger partial charge in [-0.3, -0.25) is 14.4 Å². The fourth-order valence-electron chi connectivity index (χ4n) is 6.65. The Bertz CT molecular complexity index is 1280. The van der Waals surface area contributed by atoms with Crippen LogP contribution in [0, 0.1) is 5.92 Å². The molecule has 0 aromatic carbocycles. The first-order valence-corrected chi connectivity index (χ1v) is 16.4. The smallest absolute Gasteiger partial charge is 0.338 e. The predicted octanol–water partition coefficient (Wildman–Crippen LogP) is 2.42. The second-order valence-corrected chi connectivity index (χ2v) is 13.1. The van der Waals surface area contributed by atoms with E-state index >= 15 is 0 Å². The van der Waals surface area contributed by atoms with Crippen LogP contribution in [0.5, 0.6) is 0 Å². The normalized spacial score (nSPS) is 30.8. The van der Waals surface area contributed by atoms with Crippen LogP contribution in [0.2, 0.25) is 0 Å². The summed E-state index contributed by atoms with van der Waals surface area (Å²) in [4.78, 5) is 64.3. The van der Waals surface area contributed by atoms with Gasteiger partial charge in [-0.05, 0) is 71.4 Å². The van der Waals surface area contributed by atoms with Gasteiger partial charge < -0.3 is 44.5 Å². The highest BCUT2D eigenvalue weighted by Gasteiger charge is 2.71. The zero-order valence-corrected chi connectivity index (χ0v) is 29.1. The van der Waals surface area contributed by atoms with Crippen LogP contribution in [0.3, 0.4) is 0 Å². The summed E-state index contributed by atoms with van der Waals surface area (Å²) < 4.78 is 23.1.